The number of fused-ring (bicyclic) bond motifs is 1. The van der Waals surface area contributed by atoms with E-state index in [9.17, 15) is 16.8 Å². The summed E-state index contributed by atoms with van der Waals surface area (Å²) in [6.07, 6.45) is 2.33. The van der Waals surface area contributed by atoms with Crippen LogP contribution in [0, 0.1) is 0 Å². The average Bonchev–Trinajstić information content (AvgIpc) is 2.72. The number of hydrogen-bond donors (Lipinski definition) is 1. The Kier molecular flexibility index (Phi) is 3.81. The SMILES string of the molecule is CCC[C@H]1C[C@H](C)S(=O)(=O)c2sc(S(N)(=O)=O)cc21. The molecule has 0 fully saturated rings. The fourth-order valence-corrected chi connectivity index (χ4v) is 6.98. The van der Waals surface area contributed by atoms with E-state index in [1.807, 2.05) is 6.92 Å². The molecule has 0 bridgehead atoms. The smallest absolute Gasteiger partial charge is 0.224 e. The van der Waals surface area contributed by atoms with Crippen molar-refractivity contribution in [1.82, 2.24) is 0 Å². The van der Waals surface area contributed by atoms with Gasteiger partial charge in [-0.05, 0) is 37.3 Å². The van der Waals surface area contributed by atoms with Crippen LogP contribution in [-0.2, 0) is 19.9 Å². The highest BCUT2D eigenvalue weighted by molar-refractivity contribution is 7.95. The van der Waals surface area contributed by atoms with E-state index < -0.39 is 25.1 Å². The minimum atomic E-state index is -3.85. The molecule has 0 saturated heterocycles. The normalized spacial score (nSPS) is 26.1. The van der Waals surface area contributed by atoms with E-state index >= 15 is 0 Å². The molecule has 2 rings (SSSR count). The Bertz CT molecular complexity index is 688. The van der Waals surface area contributed by atoms with Gasteiger partial charge in [-0.3, -0.25) is 0 Å². The van der Waals surface area contributed by atoms with Crippen molar-refractivity contribution in [2.75, 3.05) is 0 Å². The highest BCUT2D eigenvalue weighted by Gasteiger charge is 2.38. The van der Waals surface area contributed by atoms with Crippen LogP contribution in [0.2, 0.25) is 0 Å². The first-order valence-electron chi connectivity index (χ1n) is 6.08. The first-order valence-corrected chi connectivity index (χ1v) is 9.99. The maximum Gasteiger partial charge on any atom is 0.247 e. The Labute approximate surface area is 117 Å². The summed E-state index contributed by atoms with van der Waals surface area (Å²) in [4.78, 5) is 0. The van der Waals surface area contributed by atoms with Crippen LogP contribution in [0.25, 0.3) is 0 Å². The molecule has 19 heavy (non-hydrogen) atoms. The van der Waals surface area contributed by atoms with Crippen molar-refractivity contribution >= 4 is 31.2 Å². The Morgan fingerprint density at radius 2 is 2.11 bits per heavy atom. The van der Waals surface area contributed by atoms with Crippen molar-refractivity contribution in [1.29, 1.82) is 0 Å². The minimum Gasteiger partial charge on any atom is -0.224 e. The van der Waals surface area contributed by atoms with Crippen LogP contribution in [0.5, 0.6) is 0 Å². The molecule has 1 aliphatic heterocycles. The number of hydrogen-bond acceptors (Lipinski definition) is 5. The second-order valence-corrected chi connectivity index (χ2v) is 10.3. The molecule has 0 unspecified atom stereocenters. The molecule has 0 aliphatic carbocycles. The molecule has 1 aromatic heterocycles. The van der Waals surface area contributed by atoms with Gasteiger partial charge >= 0.3 is 0 Å². The Morgan fingerprint density at radius 3 is 2.63 bits per heavy atom. The fourth-order valence-electron chi connectivity index (χ4n) is 2.47. The van der Waals surface area contributed by atoms with E-state index in [-0.39, 0.29) is 14.3 Å². The molecule has 1 aliphatic rings. The van der Waals surface area contributed by atoms with Crippen LogP contribution in [0.15, 0.2) is 14.5 Å². The van der Waals surface area contributed by atoms with Crippen molar-refractivity contribution in [2.24, 2.45) is 5.14 Å². The number of sulfone groups is 1. The molecule has 0 amide bonds. The molecule has 0 radical (unpaired) electrons. The van der Waals surface area contributed by atoms with Gasteiger partial charge in [0.1, 0.15) is 8.42 Å². The van der Waals surface area contributed by atoms with Crippen LogP contribution in [0.1, 0.15) is 44.6 Å². The summed E-state index contributed by atoms with van der Waals surface area (Å²) in [5.41, 5.74) is 0.633. The van der Waals surface area contributed by atoms with Crippen molar-refractivity contribution in [3.8, 4) is 0 Å². The fraction of sp³-hybridized carbons (Fsp3) is 0.636. The maximum absolute atomic E-state index is 12.3. The lowest BCUT2D eigenvalue weighted by Gasteiger charge is -2.26. The molecule has 0 spiro atoms. The molecule has 2 heterocycles. The van der Waals surface area contributed by atoms with Crippen LogP contribution in [0.4, 0.5) is 0 Å². The van der Waals surface area contributed by atoms with Crippen molar-refractivity contribution in [2.45, 2.75) is 52.7 Å². The Hall–Kier alpha value is -0.440. The van der Waals surface area contributed by atoms with Crippen LogP contribution < -0.4 is 5.14 Å². The third-order valence-corrected chi connectivity index (χ3v) is 8.78. The summed E-state index contributed by atoms with van der Waals surface area (Å²) in [6.45, 7) is 3.71. The second-order valence-electron chi connectivity index (χ2n) is 4.93. The number of nitrogens with two attached hydrogens (primary N) is 1. The molecule has 2 atom stereocenters. The zero-order valence-electron chi connectivity index (χ0n) is 10.8. The van der Waals surface area contributed by atoms with Crippen LogP contribution in [0.3, 0.4) is 0 Å². The predicted octanol–water partition coefficient (Wildman–Crippen LogP) is 1.85. The quantitative estimate of drug-likeness (QED) is 0.918. The van der Waals surface area contributed by atoms with Gasteiger partial charge in [-0.2, -0.15) is 0 Å². The summed E-state index contributed by atoms with van der Waals surface area (Å²) >= 11 is 0.782. The van der Waals surface area contributed by atoms with Gasteiger partial charge in [0.05, 0.1) is 5.25 Å². The monoisotopic (exact) mass is 323 g/mol. The summed E-state index contributed by atoms with van der Waals surface area (Å²) < 4.78 is 47.5. The first-order chi connectivity index (χ1) is 8.67. The molecule has 2 N–H and O–H groups in total. The third-order valence-electron chi connectivity index (χ3n) is 3.46. The molecule has 0 aromatic carbocycles. The zero-order chi connectivity index (χ0) is 14.4. The van der Waals surface area contributed by atoms with Gasteiger partial charge in [0.2, 0.25) is 10.0 Å². The van der Waals surface area contributed by atoms with E-state index in [2.05, 4.69) is 0 Å². The standard InChI is InChI=1S/C11H17NO4S3/c1-3-4-8-5-7(2)18(13,14)11-9(8)6-10(17-11)19(12,15)16/h6-8H,3-5H2,1-2H3,(H2,12,15,16)/t7-,8-/m0/s1. The minimum absolute atomic E-state index is 0.0590. The molecule has 5 nitrogen and oxygen atoms in total. The molecule has 8 heteroatoms. The predicted molar refractivity (Wildman–Crippen MR) is 74.6 cm³/mol. The van der Waals surface area contributed by atoms with Gasteiger partial charge in [0.15, 0.2) is 9.84 Å². The number of primary sulfonamides is 1. The zero-order valence-corrected chi connectivity index (χ0v) is 13.2. The summed E-state index contributed by atoms with van der Waals surface area (Å²) in [6, 6.07) is 1.44. The molecular formula is C11H17NO4S3. The molecule has 1 aromatic rings. The van der Waals surface area contributed by atoms with E-state index in [4.69, 9.17) is 5.14 Å². The van der Waals surface area contributed by atoms with Crippen LogP contribution >= 0.6 is 11.3 Å². The first kappa shape index (κ1) is 15.0. The number of sulfonamides is 1. The molecule has 0 saturated carbocycles. The number of thiophene rings is 1. The van der Waals surface area contributed by atoms with E-state index in [0.717, 1.165) is 24.2 Å². The highest BCUT2D eigenvalue weighted by atomic mass is 32.3. The van der Waals surface area contributed by atoms with Crippen molar-refractivity contribution in [3.63, 3.8) is 0 Å². The van der Waals surface area contributed by atoms with E-state index in [0.29, 0.717) is 12.0 Å². The lowest BCUT2D eigenvalue weighted by atomic mass is 9.92. The average molecular weight is 323 g/mol. The van der Waals surface area contributed by atoms with E-state index in [1.54, 1.807) is 6.92 Å². The van der Waals surface area contributed by atoms with Gasteiger partial charge in [-0.25, -0.2) is 22.0 Å². The van der Waals surface area contributed by atoms with Gasteiger partial charge in [0.25, 0.3) is 0 Å². The van der Waals surface area contributed by atoms with E-state index in [1.165, 1.54) is 6.07 Å². The van der Waals surface area contributed by atoms with Crippen LogP contribution in [-0.4, -0.2) is 22.1 Å². The van der Waals surface area contributed by atoms with Gasteiger partial charge < -0.3 is 0 Å². The highest BCUT2D eigenvalue weighted by Crippen LogP contribution is 2.45. The largest absolute Gasteiger partial charge is 0.247 e. The van der Waals surface area contributed by atoms with Gasteiger partial charge in [0, 0.05) is 0 Å². The van der Waals surface area contributed by atoms with Crippen molar-refractivity contribution < 1.29 is 16.8 Å². The maximum atomic E-state index is 12.3. The summed E-state index contributed by atoms with van der Waals surface area (Å²) in [5.74, 6) is 0.102. The Morgan fingerprint density at radius 1 is 1.47 bits per heavy atom. The lowest BCUT2D eigenvalue weighted by Crippen LogP contribution is -2.26. The van der Waals surface area contributed by atoms with Crippen molar-refractivity contribution in [3.05, 3.63) is 11.6 Å². The van der Waals surface area contributed by atoms with Gasteiger partial charge in [-0.15, -0.1) is 11.3 Å². The summed E-state index contributed by atoms with van der Waals surface area (Å²) in [5, 5.41) is 4.63. The Balaban J connectivity index is 2.64. The third kappa shape index (κ3) is 2.58. The molecular weight excluding hydrogens is 306 g/mol. The number of rotatable bonds is 3. The molecule has 108 valence electrons. The second kappa shape index (κ2) is 4.83. The van der Waals surface area contributed by atoms with Gasteiger partial charge in [-0.1, -0.05) is 13.3 Å². The topological polar surface area (TPSA) is 94.3 Å². The lowest BCUT2D eigenvalue weighted by molar-refractivity contribution is 0.512. The summed E-state index contributed by atoms with van der Waals surface area (Å²) in [7, 11) is -7.26.